The Morgan fingerprint density at radius 3 is 2.76 bits per heavy atom. The molecule has 1 saturated heterocycles. The fourth-order valence-electron chi connectivity index (χ4n) is 3.25. The van der Waals surface area contributed by atoms with Crippen LogP contribution in [0.3, 0.4) is 0 Å². The molecule has 1 aliphatic rings. The zero-order chi connectivity index (χ0) is 17.2. The number of nitrogens with zero attached hydrogens (tertiary/aromatic N) is 5. The Kier molecular flexibility index (Phi) is 4.23. The molecule has 0 saturated carbocycles. The maximum Gasteiger partial charge on any atom is 0.263 e. The van der Waals surface area contributed by atoms with Crippen LogP contribution in [0, 0.1) is 0 Å². The Morgan fingerprint density at radius 2 is 2.00 bits per heavy atom. The SMILES string of the molecule is CCN1CCN(c2ncnc3onc(-c4cccc(OC)c4)c23)CC1. The highest BCUT2D eigenvalue weighted by atomic mass is 16.5. The van der Waals surface area contributed by atoms with Crippen LogP contribution in [0.1, 0.15) is 6.92 Å². The number of rotatable bonds is 4. The van der Waals surface area contributed by atoms with Crippen molar-refractivity contribution in [2.45, 2.75) is 6.92 Å². The number of ether oxygens (including phenoxy) is 1. The second kappa shape index (κ2) is 6.68. The minimum absolute atomic E-state index is 0.515. The number of piperazine rings is 1. The highest BCUT2D eigenvalue weighted by Gasteiger charge is 2.23. The van der Waals surface area contributed by atoms with Crippen LogP contribution in [0.15, 0.2) is 35.1 Å². The third-order valence-corrected chi connectivity index (χ3v) is 4.71. The summed E-state index contributed by atoms with van der Waals surface area (Å²) >= 11 is 0. The zero-order valence-electron chi connectivity index (χ0n) is 14.5. The van der Waals surface area contributed by atoms with Crippen molar-refractivity contribution in [3.63, 3.8) is 0 Å². The van der Waals surface area contributed by atoms with E-state index < -0.39 is 0 Å². The monoisotopic (exact) mass is 339 g/mol. The lowest BCUT2D eigenvalue weighted by molar-refractivity contribution is 0.271. The molecule has 0 unspecified atom stereocenters. The third kappa shape index (κ3) is 2.91. The molecule has 0 atom stereocenters. The molecule has 0 N–H and O–H groups in total. The Bertz CT molecular complexity index is 871. The lowest BCUT2D eigenvalue weighted by atomic mass is 10.1. The number of benzene rings is 1. The average Bonchev–Trinajstić information content (AvgIpc) is 3.12. The quantitative estimate of drug-likeness (QED) is 0.723. The first-order valence-electron chi connectivity index (χ1n) is 8.52. The Labute approximate surface area is 146 Å². The maximum atomic E-state index is 5.47. The van der Waals surface area contributed by atoms with Gasteiger partial charge in [0.05, 0.1) is 7.11 Å². The van der Waals surface area contributed by atoms with Crippen LogP contribution in [0.2, 0.25) is 0 Å². The van der Waals surface area contributed by atoms with E-state index in [1.165, 1.54) is 0 Å². The van der Waals surface area contributed by atoms with Crippen LogP contribution in [-0.4, -0.2) is 59.9 Å². The molecular formula is C18H21N5O2. The van der Waals surface area contributed by atoms with E-state index in [2.05, 4.69) is 31.8 Å². The summed E-state index contributed by atoms with van der Waals surface area (Å²) in [6.45, 7) is 7.20. The van der Waals surface area contributed by atoms with E-state index in [9.17, 15) is 0 Å². The van der Waals surface area contributed by atoms with E-state index in [1.54, 1.807) is 13.4 Å². The van der Waals surface area contributed by atoms with E-state index in [0.29, 0.717) is 5.71 Å². The summed E-state index contributed by atoms with van der Waals surface area (Å²) in [6.07, 6.45) is 1.55. The van der Waals surface area contributed by atoms with Crippen LogP contribution in [-0.2, 0) is 0 Å². The van der Waals surface area contributed by atoms with Crippen molar-refractivity contribution < 1.29 is 9.26 Å². The van der Waals surface area contributed by atoms with Crippen molar-refractivity contribution >= 4 is 16.9 Å². The Morgan fingerprint density at radius 1 is 1.16 bits per heavy atom. The molecule has 0 spiro atoms. The van der Waals surface area contributed by atoms with Gasteiger partial charge in [-0.15, -0.1) is 0 Å². The number of hydrogen-bond acceptors (Lipinski definition) is 7. The van der Waals surface area contributed by atoms with Crippen LogP contribution in [0.5, 0.6) is 5.75 Å². The Balaban J connectivity index is 1.77. The molecule has 7 heteroatoms. The molecule has 2 aromatic heterocycles. The van der Waals surface area contributed by atoms with Gasteiger partial charge in [0, 0.05) is 31.7 Å². The lowest BCUT2D eigenvalue weighted by Crippen LogP contribution is -2.46. The molecule has 7 nitrogen and oxygen atoms in total. The summed E-state index contributed by atoms with van der Waals surface area (Å²) in [4.78, 5) is 13.5. The van der Waals surface area contributed by atoms with Crippen LogP contribution in [0.4, 0.5) is 5.82 Å². The summed E-state index contributed by atoms with van der Waals surface area (Å²) < 4.78 is 10.8. The zero-order valence-corrected chi connectivity index (χ0v) is 14.5. The van der Waals surface area contributed by atoms with Gasteiger partial charge in [0.15, 0.2) is 0 Å². The van der Waals surface area contributed by atoms with Crippen LogP contribution >= 0.6 is 0 Å². The van der Waals surface area contributed by atoms with Gasteiger partial charge in [0.2, 0.25) is 0 Å². The van der Waals surface area contributed by atoms with Crippen molar-refractivity contribution in [1.29, 1.82) is 0 Å². The first-order valence-corrected chi connectivity index (χ1v) is 8.52. The molecule has 1 aromatic carbocycles. The van der Waals surface area contributed by atoms with E-state index in [-0.39, 0.29) is 0 Å². The molecule has 4 rings (SSSR count). The van der Waals surface area contributed by atoms with Gasteiger partial charge in [0.1, 0.15) is 29.0 Å². The number of likely N-dealkylation sites (N-methyl/N-ethyl adjacent to an activating group) is 1. The largest absolute Gasteiger partial charge is 0.497 e. The number of hydrogen-bond donors (Lipinski definition) is 0. The van der Waals surface area contributed by atoms with Gasteiger partial charge < -0.3 is 19.1 Å². The molecule has 130 valence electrons. The van der Waals surface area contributed by atoms with Crippen molar-refractivity contribution in [2.24, 2.45) is 0 Å². The average molecular weight is 339 g/mol. The van der Waals surface area contributed by atoms with Crippen molar-refractivity contribution in [2.75, 3.05) is 44.7 Å². The molecule has 25 heavy (non-hydrogen) atoms. The number of methoxy groups -OCH3 is 1. The van der Waals surface area contributed by atoms with E-state index in [4.69, 9.17) is 9.26 Å². The van der Waals surface area contributed by atoms with Crippen LogP contribution in [0.25, 0.3) is 22.4 Å². The summed E-state index contributed by atoms with van der Waals surface area (Å²) in [6, 6.07) is 7.79. The lowest BCUT2D eigenvalue weighted by Gasteiger charge is -2.34. The fraction of sp³-hybridized carbons (Fsp3) is 0.389. The molecule has 3 heterocycles. The second-order valence-corrected chi connectivity index (χ2v) is 6.06. The smallest absolute Gasteiger partial charge is 0.263 e. The van der Waals surface area contributed by atoms with Gasteiger partial charge in [-0.1, -0.05) is 24.2 Å². The van der Waals surface area contributed by atoms with Gasteiger partial charge >= 0.3 is 0 Å². The molecule has 0 bridgehead atoms. The molecule has 0 radical (unpaired) electrons. The third-order valence-electron chi connectivity index (χ3n) is 4.71. The summed E-state index contributed by atoms with van der Waals surface area (Å²) in [7, 11) is 1.65. The summed E-state index contributed by atoms with van der Waals surface area (Å²) in [5.41, 5.74) is 2.20. The highest BCUT2D eigenvalue weighted by Crippen LogP contribution is 2.34. The first-order chi connectivity index (χ1) is 12.3. The normalized spacial score (nSPS) is 15.7. The summed E-state index contributed by atoms with van der Waals surface area (Å²) in [5.74, 6) is 1.67. The minimum atomic E-state index is 0.515. The minimum Gasteiger partial charge on any atom is -0.497 e. The molecule has 0 amide bonds. The van der Waals surface area contributed by atoms with Crippen molar-refractivity contribution in [3.05, 3.63) is 30.6 Å². The van der Waals surface area contributed by atoms with Gasteiger partial charge in [-0.25, -0.2) is 4.98 Å². The maximum absolute atomic E-state index is 5.47. The van der Waals surface area contributed by atoms with Crippen LogP contribution < -0.4 is 9.64 Å². The van der Waals surface area contributed by atoms with E-state index >= 15 is 0 Å². The Hall–Kier alpha value is -2.67. The van der Waals surface area contributed by atoms with Gasteiger partial charge in [-0.3, -0.25) is 0 Å². The standard InChI is InChI=1S/C18H21N5O2/c1-3-22-7-9-23(10-8-22)17-15-16(21-25-18(15)20-12-19-17)13-5-4-6-14(11-13)24-2/h4-6,11-12H,3,7-10H2,1-2H3. The first kappa shape index (κ1) is 15.8. The summed E-state index contributed by atoms with van der Waals surface area (Å²) in [5, 5.41) is 5.12. The fourth-order valence-corrected chi connectivity index (χ4v) is 3.25. The van der Waals surface area contributed by atoms with Crippen molar-refractivity contribution in [3.8, 4) is 17.0 Å². The predicted octanol–water partition coefficient (Wildman–Crippen LogP) is 2.44. The topological polar surface area (TPSA) is 67.5 Å². The number of aromatic nitrogens is 3. The molecular weight excluding hydrogens is 318 g/mol. The predicted molar refractivity (Wildman–Crippen MR) is 95.9 cm³/mol. The molecule has 1 fully saturated rings. The highest BCUT2D eigenvalue weighted by molar-refractivity contribution is 5.98. The van der Waals surface area contributed by atoms with Gasteiger partial charge in [-0.2, -0.15) is 4.98 Å². The number of fused-ring (bicyclic) bond motifs is 1. The van der Waals surface area contributed by atoms with Gasteiger partial charge in [-0.05, 0) is 18.7 Å². The molecule has 1 aliphatic heterocycles. The van der Waals surface area contributed by atoms with E-state index in [0.717, 1.165) is 60.9 Å². The van der Waals surface area contributed by atoms with Crippen molar-refractivity contribution in [1.82, 2.24) is 20.0 Å². The number of anilines is 1. The molecule has 0 aliphatic carbocycles. The van der Waals surface area contributed by atoms with E-state index in [1.807, 2.05) is 24.3 Å². The molecule has 3 aromatic rings. The van der Waals surface area contributed by atoms with Gasteiger partial charge in [0.25, 0.3) is 5.71 Å². The second-order valence-electron chi connectivity index (χ2n) is 6.06.